The molecule has 6 nitrogen and oxygen atoms in total. The molecular formula is C19H25NO5S. The van der Waals surface area contributed by atoms with E-state index in [4.69, 9.17) is 14.2 Å². The van der Waals surface area contributed by atoms with Crippen molar-refractivity contribution in [3.8, 4) is 17.2 Å². The minimum atomic E-state index is -3.67. The molecule has 26 heavy (non-hydrogen) atoms. The number of hydrogen-bond donors (Lipinski definition) is 1. The van der Waals surface area contributed by atoms with Gasteiger partial charge < -0.3 is 14.2 Å². The number of rotatable bonds is 8. The van der Waals surface area contributed by atoms with E-state index in [2.05, 4.69) is 4.72 Å². The van der Waals surface area contributed by atoms with Gasteiger partial charge in [-0.1, -0.05) is 6.07 Å². The largest absolute Gasteiger partial charge is 0.494 e. The zero-order chi connectivity index (χ0) is 19.3. The van der Waals surface area contributed by atoms with E-state index in [9.17, 15) is 8.42 Å². The van der Waals surface area contributed by atoms with Crippen LogP contribution in [0.25, 0.3) is 0 Å². The third kappa shape index (κ3) is 4.47. The molecule has 0 aromatic heterocycles. The lowest BCUT2D eigenvalue weighted by atomic mass is 10.1. The van der Waals surface area contributed by atoms with E-state index in [1.807, 2.05) is 13.8 Å². The van der Waals surface area contributed by atoms with Crippen LogP contribution in [-0.4, -0.2) is 29.2 Å². The molecule has 2 aromatic rings. The van der Waals surface area contributed by atoms with E-state index in [0.717, 1.165) is 11.1 Å². The summed E-state index contributed by atoms with van der Waals surface area (Å²) in [6.07, 6.45) is 0. The number of hydrogen-bond acceptors (Lipinski definition) is 5. The van der Waals surface area contributed by atoms with Crippen molar-refractivity contribution in [3.63, 3.8) is 0 Å². The molecule has 1 unspecified atom stereocenters. The van der Waals surface area contributed by atoms with E-state index in [1.165, 1.54) is 0 Å². The molecule has 0 aliphatic carbocycles. The predicted octanol–water partition coefficient (Wildman–Crippen LogP) is 3.45. The zero-order valence-electron chi connectivity index (χ0n) is 15.7. The Balaban J connectivity index is 2.24. The quantitative estimate of drug-likeness (QED) is 0.760. The van der Waals surface area contributed by atoms with Crippen LogP contribution in [0.15, 0.2) is 41.3 Å². The number of sulfonamides is 1. The summed E-state index contributed by atoms with van der Waals surface area (Å²) in [5.74, 6) is 1.82. The van der Waals surface area contributed by atoms with Gasteiger partial charge in [0.2, 0.25) is 10.0 Å². The highest BCUT2D eigenvalue weighted by Crippen LogP contribution is 2.30. The molecule has 7 heteroatoms. The molecule has 0 saturated carbocycles. The Kier molecular flexibility index (Phi) is 6.50. The predicted molar refractivity (Wildman–Crippen MR) is 101 cm³/mol. The Morgan fingerprint density at radius 3 is 2.23 bits per heavy atom. The first-order chi connectivity index (χ1) is 12.3. The van der Waals surface area contributed by atoms with E-state index in [-0.39, 0.29) is 4.90 Å². The Morgan fingerprint density at radius 2 is 1.65 bits per heavy atom. The van der Waals surface area contributed by atoms with E-state index >= 15 is 0 Å². The van der Waals surface area contributed by atoms with Gasteiger partial charge in [0, 0.05) is 6.04 Å². The molecule has 1 N–H and O–H groups in total. The van der Waals surface area contributed by atoms with Gasteiger partial charge in [-0.25, -0.2) is 13.1 Å². The maximum atomic E-state index is 12.7. The summed E-state index contributed by atoms with van der Waals surface area (Å²) in [5, 5.41) is 0. The summed E-state index contributed by atoms with van der Waals surface area (Å²) < 4.78 is 44.1. The smallest absolute Gasteiger partial charge is 0.241 e. The van der Waals surface area contributed by atoms with Crippen LogP contribution in [-0.2, 0) is 10.0 Å². The number of ether oxygens (including phenoxy) is 3. The van der Waals surface area contributed by atoms with Crippen LogP contribution in [0, 0.1) is 6.92 Å². The van der Waals surface area contributed by atoms with Crippen LogP contribution in [0.4, 0.5) is 0 Å². The highest BCUT2D eigenvalue weighted by molar-refractivity contribution is 7.89. The van der Waals surface area contributed by atoms with E-state index < -0.39 is 16.1 Å². The minimum Gasteiger partial charge on any atom is -0.494 e. The Hall–Kier alpha value is -2.25. The molecule has 0 aliphatic rings. The van der Waals surface area contributed by atoms with Crippen molar-refractivity contribution in [2.75, 3.05) is 20.8 Å². The van der Waals surface area contributed by atoms with Gasteiger partial charge in [0.25, 0.3) is 0 Å². The Bertz CT molecular complexity index is 864. The van der Waals surface area contributed by atoms with Gasteiger partial charge in [-0.05, 0) is 62.2 Å². The first kappa shape index (κ1) is 20.1. The zero-order valence-corrected chi connectivity index (χ0v) is 16.5. The van der Waals surface area contributed by atoms with Crippen LogP contribution in [0.3, 0.4) is 0 Å². The van der Waals surface area contributed by atoms with Gasteiger partial charge in [0.15, 0.2) is 11.5 Å². The second kappa shape index (κ2) is 8.42. The molecule has 0 saturated heterocycles. The maximum absolute atomic E-state index is 12.7. The first-order valence-corrected chi connectivity index (χ1v) is 9.78. The molecule has 2 rings (SSSR count). The normalized spacial score (nSPS) is 12.5. The molecule has 0 aliphatic heterocycles. The van der Waals surface area contributed by atoms with Crippen molar-refractivity contribution in [1.82, 2.24) is 4.72 Å². The standard InChI is InChI=1S/C19H25NO5S/c1-6-25-17-10-8-16(11-13(17)2)26(21,22)20-14(3)15-7-9-18(23-4)19(12-15)24-5/h7-12,14,20H,6H2,1-5H3. The third-order valence-electron chi connectivity index (χ3n) is 4.00. The summed E-state index contributed by atoms with van der Waals surface area (Å²) in [6, 6.07) is 9.70. The second-order valence-electron chi connectivity index (χ2n) is 5.82. The fraction of sp³-hybridized carbons (Fsp3) is 0.368. The molecule has 0 bridgehead atoms. The fourth-order valence-corrected chi connectivity index (χ4v) is 3.91. The first-order valence-electron chi connectivity index (χ1n) is 8.30. The average molecular weight is 379 g/mol. The van der Waals surface area contributed by atoms with E-state index in [1.54, 1.807) is 57.5 Å². The van der Waals surface area contributed by atoms with Crippen molar-refractivity contribution in [3.05, 3.63) is 47.5 Å². The summed E-state index contributed by atoms with van der Waals surface area (Å²) in [7, 11) is -0.580. The van der Waals surface area contributed by atoms with Gasteiger partial charge in [0.05, 0.1) is 25.7 Å². The van der Waals surface area contributed by atoms with Gasteiger partial charge in [-0.2, -0.15) is 0 Å². The second-order valence-corrected chi connectivity index (χ2v) is 7.53. The van der Waals surface area contributed by atoms with E-state index in [0.29, 0.717) is 23.9 Å². The molecule has 0 radical (unpaired) electrons. The van der Waals surface area contributed by atoms with Gasteiger partial charge in [-0.3, -0.25) is 0 Å². The summed E-state index contributed by atoms with van der Waals surface area (Å²) >= 11 is 0. The van der Waals surface area contributed by atoms with Crippen molar-refractivity contribution in [2.45, 2.75) is 31.7 Å². The van der Waals surface area contributed by atoms with Crippen molar-refractivity contribution < 1.29 is 22.6 Å². The number of aryl methyl sites for hydroxylation is 1. The molecule has 142 valence electrons. The lowest BCUT2D eigenvalue weighted by molar-refractivity contribution is 0.337. The number of methoxy groups -OCH3 is 2. The van der Waals surface area contributed by atoms with Crippen LogP contribution in [0.1, 0.15) is 31.0 Å². The topological polar surface area (TPSA) is 73.9 Å². The molecular weight excluding hydrogens is 354 g/mol. The molecule has 1 atom stereocenters. The molecule has 0 heterocycles. The van der Waals surface area contributed by atoms with Crippen molar-refractivity contribution in [1.29, 1.82) is 0 Å². The van der Waals surface area contributed by atoms with Gasteiger partial charge in [0.1, 0.15) is 5.75 Å². The Morgan fingerprint density at radius 1 is 1.00 bits per heavy atom. The lowest BCUT2D eigenvalue weighted by Gasteiger charge is -2.17. The number of benzene rings is 2. The maximum Gasteiger partial charge on any atom is 0.241 e. The SMILES string of the molecule is CCOc1ccc(S(=O)(=O)NC(C)c2ccc(OC)c(OC)c2)cc1C. The third-order valence-corrected chi connectivity index (χ3v) is 5.53. The summed E-state index contributed by atoms with van der Waals surface area (Å²) in [4.78, 5) is 0.200. The highest BCUT2D eigenvalue weighted by atomic mass is 32.2. The van der Waals surface area contributed by atoms with Crippen LogP contribution in [0.2, 0.25) is 0 Å². The van der Waals surface area contributed by atoms with Crippen LogP contribution in [0.5, 0.6) is 17.2 Å². The van der Waals surface area contributed by atoms with Crippen LogP contribution >= 0.6 is 0 Å². The summed E-state index contributed by atoms with van der Waals surface area (Å²) in [6.45, 7) is 6.01. The summed E-state index contributed by atoms with van der Waals surface area (Å²) in [5.41, 5.74) is 1.54. The monoisotopic (exact) mass is 379 g/mol. The van der Waals surface area contributed by atoms with Crippen LogP contribution < -0.4 is 18.9 Å². The highest BCUT2D eigenvalue weighted by Gasteiger charge is 2.20. The van der Waals surface area contributed by atoms with Crippen molar-refractivity contribution in [2.24, 2.45) is 0 Å². The number of nitrogens with one attached hydrogen (secondary N) is 1. The average Bonchev–Trinajstić information content (AvgIpc) is 2.62. The molecule has 0 spiro atoms. The molecule has 0 fully saturated rings. The lowest BCUT2D eigenvalue weighted by Crippen LogP contribution is -2.27. The van der Waals surface area contributed by atoms with Crippen molar-refractivity contribution >= 4 is 10.0 Å². The van der Waals surface area contributed by atoms with Gasteiger partial charge >= 0.3 is 0 Å². The fourth-order valence-electron chi connectivity index (χ4n) is 2.60. The molecule has 2 aromatic carbocycles. The Labute approximate surface area is 155 Å². The van der Waals surface area contributed by atoms with Gasteiger partial charge in [-0.15, -0.1) is 0 Å². The molecule has 0 amide bonds. The minimum absolute atomic E-state index is 0.200.